The maximum Gasteiger partial charge on any atom is 0.0304 e. The van der Waals surface area contributed by atoms with Crippen LogP contribution in [0.5, 0.6) is 0 Å². The molecule has 2 rings (SSSR count). The molecule has 1 atom stereocenters. The smallest absolute Gasteiger partial charge is 0.0304 e. The first-order valence-corrected chi connectivity index (χ1v) is 9.59. The van der Waals surface area contributed by atoms with Gasteiger partial charge >= 0.3 is 0 Å². The van der Waals surface area contributed by atoms with E-state index in [1.54, 1.807) is 0 Å². The summed E-state index contributed by atoms with van der Waals surface area (Å²) in [4.78, 5) is 2.87. The van der Waals surface area contributed by atoms with Crippen molar-refractivity contribution < 1.29 is 0 Å². The SMILES string of the molecule is CCC1(CC)CN(CCC(C)C)C(C2CCCCC2)CN1. The zero-order valence-corrected chi connectivity index (χ0v) is 15.0. The molecule has 1 saturated heterocycles. The molecule has 0 radical (unpaired) electrons. The van der Waals surface area contributed by atoms with E-state index in [-0.39, 0.29) is 0 Å². The molecule has 124 valence electrons. The molecule has 0 bridgehead atoms. The maximum atomic E-state index is 3.96. The van der Waals surface area contributed by atoms with Gasteiger partial charge in [0.25, 0.3) is 0 Å². The van der Waals surface area contributed by atoms with Crippen molar-refractivity contribution in [1.29, 1.82) is 0 Å². The van der Waals surface area contributed by atoms with Crippen molar-refractivity contribution in [3.63, 3.8) is 0 Å². The highest BCUT2D eigenvalue weighted by Gasteiger charge is 2.39. The summed E-state index contributed by atoms with van der Waals surface area (Å²) in [5, 5.41) is 3.96. The Kier molecular flexibility index (Phi) is 6.55. The van der Waals surface area contributed by atoms with E-state index in [0.29, 0.717) is 5.54 Å². The number of hydrogen-bond acceptors (Lipinski definition) is 2. The Labute approximate surface area is 133 Å². The van der Waals surface area contributed by atoms with Gasteiger partial charge in [-0.25, -0.2) is 0 Å². The fraction of sp³-hybridized carbons (Fsp3) is 1.00. The Morgan fingerprint density at radius 2 is 1.76 bits per heavy atom. The van der Waals surface area contributed by atoms with Crippen LogP contribution in [0, 0.1) is 11.8 Å². The Hall–Kier alpha value is -0.0800. The van der Waals surface area contributed by atoms with E-state index in [4.69, 9.17) is 0 Å². The van der Waals surface area contributed by atoms with Crippen LogP contribution in [0.2, 0.25) is 0 Å². The monoisotopic (exact) mass is 294 g/mol. The van der Waals surface area contributed by atoms with Crippen LogP contribution >= 0.6 is 0 Å². The lowest BCUT2D eigenvalue weighted by Gasteiger charge is -2.50. The molecular formula is C19H38N2. The van der Waals surface area contributed by atoms with E-state index < -0.39 is 0 Å². The van der Waals surface area contributed by atoms with Crippen LogP contribution in [0.25, 0.3) is 0 Å². The second kappa shape index (κ2) is 7.97. The minimum atomic E-state index is 0.377. The minimum absolute atomic E-state index is 0.377. The van der Waals surface area contributed by atoms with E-state index in [1.165, 1.54) is 71.0 Å². The summed E-state index contributed by atoms with van der Waals surface area (Å²) in [6.07, 6.45) is 11.2. The first-order valence-electron chi connectivity index (χ1n) is 9.59. The van der Waals surface area contributed by atoms with Crippen molar-refractivity contribution in [1.82, 2.24) is 10.2 Å². The minimum Gasteiger partial charge on any atom is -0.308 e. The van der Waals surface area contributed by atoms with E-state index in [1.807, 2.05) is 0 Å². The average Bonchev–Trinajstić information content (AvgIpc) is 2.53. The molecule has 1 unspecified atom stereocenters. The van der Waals surface area contributed by atoms with Crippen molar-refractivity contribution in [2.45, 2.75) is 90.6 Å². The average molecular weight is 295 g/mol. The zero-order chi connectivity index (χ0) is 15.3. The maximum absolute atomic E-state index is 3.96. The van der Waals surface area contributed by atoms with Gasteiger partial charge in [-0.3, -0.25) is 4.90 Å². The molecule has 1 N–H and O–H groups in total. The van der Waals surface area contributed by atoms with Crippen LogP contribution < -0.4 is 5.32 Å². The lowest BCUT2D eigenvalue weighted by atomic mass is 9.79. The number of nitrogens with zero attached hydrogens (tertiary/aromatic N) is 1. The first-order chi connectivity index (χ1) is 10.1. The van der Waals surface area contributed by atoms with E-state index in [9.17, 15) is 0 Å². The third kappa shape index (κ3) is 4.45. The Morgan fingerprint density at radius 3 is 2.33 bits per heavy atom. The van der Waals surface area contributed by atoms with Gasteiger partial charge in [-0.1, -0.05) is 47.0 Å². The number of rotatable bonds is 6. The highest BCUT2D eigenvalue weighted by atomic mass is 15.3. The molecule has 1 aliphatic heterocycles. The van der Waals surface area contributed by atoms with Gasteiger partial charge in [0.05, 0.1) is 0 Å². The molecule has 0 aromatic carbocycles. The highest BCUT2D eigenvalue weighted by Crippen LogP contribution is 2.33. The van der Waals surface area contributed by atoms with Gasteiger partial charge in [0.2, 0.25) is 0 Å². The highest BCUT2D eigenvalue weighted by molar-refractivity contribution is 4.98. The van der Waals surface area contributed by atoms with Gasteiger partial charge in [0.15, 0.2) is 0 Å². The summed E-state index contributed by atoms with van der Waals surface area (Å²) in [5.74, 6) is 1.77. The summed E-state index contributed by atoms with van der Waals surface area (Å²) in [7, 11) is 0. The van der Waals surface area contributed by atoms with E-state index in [0.717, 1.165) is 17.9 Å². The van der Waals surface area contributed by atoms with Crippen LogP contribution in [0.3, 0.4) is 0 Å². The Morgan fingerprint density at radius 1 is 1.10 bits per heavy atom. The van der Waals surface area contributed by atoms with Crippen LogP contribution in [0.4, 0.5) is 0 Å². The number of hydrogen-bond donors (Lipinski definition) is 1. The van der Waals surface area contributed by atoms with Crippen molar-refractivity contribution >= 4 is 0 Å². The van der Waals surface area contributed by atoms with Crippen molar-refractivity contribution in [3.05, 3.63) is 0 Å². The molecule has 2 nitrogen and oxygen atoms in total. The van der Waals surface area contributed by atoms with Crippen LogP contribution in [-0.4, -0.2) is 36.1 Å². The normalized spacial score (nSPS) is 28.1. The topological polar surface area (TPSA) is 15.3 Å². The van der Waals surface area contributed by atoms with Crippen molar-refractivity contribution in [2.24, 2.45) is 11.8 Å². The van der Waals surface area contributed by atoms with Crippen molar-refractivity contribution in [3.8, 4) is 0 Å². The molecule has 2 fully saturated rings. The summed E-state index contributed by atoms with van der Waals surface area (Å²) in [6, 6.07) is 0.801. The van der Waals surface area contributed by atoms with Gasteiger partial charge in [0.1, 0.15) is 0 Å². The fourth-order valence-electron chi connectivity index (χ4n) is 4.39. The molecule has 2 aliphatic rings. The molecular weight excluding hydrogens is 256 g/mol. The van der Waals surface area contributed by atoms with Gasteiger partial charge < -0.3 is 5.32 Å². The van der Waals surface area contributed by atoms with E-state index in [2.05, 4.69) is 37.9 Å². The largest absolute Gasteiger partial charge is 0.308 e. The molecule has 21 heavy (non-hydrogen) atoms. The van der Waals surface area contributed by atoms with Crippen LogP contribution in [0.1, 0.15) is 79.1 Å². The molecule has 1 saturated carbocycles. The quantitative estimate of drug-likeness (QED) is 0.779. The zero-order valence-electron chi connectivity index (χ0n) is 15.0. The molecule has 2 heteroatoms. The Balaban J connectivity index is 2.03. The molecule has 0 amide bonds. The lowest BCUT2D eigenvalue weighted by Crippen LogP contribution is -2.65. The summed E-state index contributed by atoms with van der Waals surface area (Å²) < 4.78 is 0. The van der Waals surface area contributed by atoms with Gasteiger partial charge in [-0.2, -0.15) is 0 Å². The molecule has 0 aromatic rings. The van der Waals surface area contributed by atoms with Crippen LogP contribution in [-0.2, 0) is 0 Å². The summed E-state index contributed by atoms with van der Waals surface area (Å²) in [6.45, 7) is 13.3. The second-order valence-corrected chi connectivity index (χ2v) is 7.99. The van der Waals surface area contributed by atoms with Crippen LogP contribution in [0.15, 0.2) is 0 Å². The molecule has 0 spiro atoms. The third-order valence-electron chi connectivity index (χ3n) is 6.20. The third-order valence-corrected chi connectivity index (χ3v) is 6.20. The summed E-state index contributed by atoms with van der Waals surface area (Å²) in [5.41, 5.74) is 0.377. The molecule has 1 aliphatic carbocycles. The molecule has 1 heterocycles. The predicted molar refractivity (Wildman–Crippen MR) is 92.7 cm³/mol. The number of piperazine rings is 1. The fourth-order valence-corrected chi connectivity index (χ4v) is 4.39. The van der Waals surface area contributed by atoms with Gasteiger partial charge in [0, 0.05) is 24.7 Å². The van der Waals surface area contributed by atoms with Gasteiger partial charge in [-0.05, 0) is 50.5 Å². The predicted octanol–water partition coefficient (Wildman–Crippen LogP) is 4.45. The second-order valence-electron chi connectivity index (χ2n) is 7.99. The summed E-state index contributed by atoms with van der Waals surface area (Å²) >= 11 is 0. The molecule has 0 aromatic heterocycles. The van der Waals surface area contributed by atoms with Crippen molar-refractivity contribution in [2.75, 3.05) is 19.6 Å². The number of nitrogens with one attached hydrogen (secondary N) is 1. The van der Waals surface area contributed by atoms with E-state index >= 15 is 0 Å². The first kappa shape index (κ1) is 17.3. The lowest BCUT2D eigenvalue weighted by molar-refractivity contribution is 0.0295. The van der Waals surface area contributed by atoms with Gasteiger partial charge in [-0.15, -0.1) is 0 Å². The Bertz CT molecular complexity index is 290. The standard InChI is InChI=1S/C19H38N2/c1-5-19(6-2)15-21(13-12-16(3)4)18(14-20-19)17-10-8-7-9-11-17/h16-18,20H,5-15H2,1-4H3.